The van der Waals surface area contributed by atoms with Gasteiger partial charge in [-0.25, -0.2) is 9.37 Å². The summed E-state index contributed by atoms with van der Waals surface area (Å²) in [5.74, 6) is -0.307. The normalized spacial score (nSPS) is 12.3. The molecule has 0 spiro atoms. The number of nitrogens with zero attached hydrogens (tertiary/aromatic N) is 3. The number of hydrogen-bond acceptors (Lipinski definition) is 3. The number of amides is 1. The van der Waals surface area contributed by atoms with Crippen molar-refractivity contribution in [2.75, 3.05) is 7.05 Å². The summed E-state index contributed by atoms with van der Waals surface area (Å²) in [7, 11) is 1.73. The first kappa shape index (κ1) is 16.1. The molecule has 2 aromatic rings. The van der Waals surface area contributed by atoms with Crippen molar-refractivity contribution in [3.05, 3.63) is 59.4 Å². The molecule has 1 atom stereocenters. The molecule has 0 saturated heterocycles. The zero-order chi connectivity index (χ0) is 16.3. The van der Waals surface area contributed by atoms with E-state index in [1.54, 1.807) is 30.3 Å². The molecular formula is C17H20FN3O. The molecule has 0 unspecified atom stereocenters. The number of hydrogen-bond donors (Lipinski definition) is 0. The van der Waals surface area contributed by atoms with Crippen molar-refractivity contribution >= 4 is 5.91 Å². The van der Waals surface area contributed by atoms with Gasteiger partial charge in [-0.1, -0.05) is 26.0 Å². The van der Waals surface area contributed by atoms with Crippen molar-refractivity contribution in [3.63, 3.8) is 0 Å². The van der Waals surface area contributed by atoms with Gasteiger partial charge in [0.05, 0.1) is 17.9 Å². The second kappa shape index (κ2) is 6.64. The largest absolute Gasteiger partial charge is 0.333 e. The molecule has 0 bridgehead atoms. The van der Waals surface area contributed by atoms with Crippen LogP contribution in [0.1, 0.15) is 41.6 Å². The maximum atomic E-state index is 13.1. The highest BCUT2D eigenvalue weighted by Gasteiger charge is 2.26. The lowest BCUT2D eigenvalue weighted by Gasteiger charge is -2.31. The minimum Gasteiger partial charge on any atom is -0.333 e. The third-order valence-corrected chi connectivity index (χ3v) is 3.58. The number of benzene rings is 1. The van der Waals surface area contributed by atoms with Crippen molar-refractivity contribution in [1.82, 2.24) is 14.9 Å². The fourth-order valence-electron chi connectivity index (χ4n) is 2.53. The minimum absolute atomic E-state index is 0.156. The van der Waals surface area contributed by atoms with Crippen LogP contribution < -0.4 is 0 Å². The Morgan fingerprint density at radius 3 is 2.27 bits per heavy atom. The molecule has 2 rings (SSSR count). The van der Waals surface area contributed by atoms with E-state index in [2.05, 4.69) is 9.97 Å². The molecule has 5 heteroatoms. The Balaban J connectivity index is 2.29. The number of carbonyl (C=O) groups excluding carboxylic acids is 1. The molecule has 0 aliphatic rings. The Hall–Kier alpha value is -2.30. The summed E-state index contributed by atoms with van der Waals surface area (Å²) < 4.78 is 13.1. The van der Waals surface area contributed by atoms with Gasteiger partial charge in [0.15, 0.2) is 0 Å². The van der Waals surface area contributed by atoms with E-state index in [-0.39, 0.29) is 23.7 Å². The maximum absolute atomic E-state index is 13.1. The van der Waals surface area contributed by atoms with Gasteiger partial charge in [0, 0.05) is 13.2 Å². The van der Waals surface area contributed by atoms with Crippen LogP contribution in [0.15, 0.2) is 36.7 Å². The zero-order valence-corrected chi connectivity index (χ0v) is 13.2. The van der Waals surface area contributed by atoms with Gasteiger partial charge in [-0.05, 0) is 30.5 Å². The Labute approximate surface area is 130 Å². The molecule has 22 heavy (non-hydrogen) atoms. The van der Waals surface area contributed by atoms with Crippen LogP contribution >= 0.6 is 0 Å². The van der Waals surface area contributed by atoms with E-state index in [1.807, 2.05) is 20.8 Å². The van der Waals surface area contributed by atoms with Crippen molar-refractivity contribution in [1.29, 1.82) is 0 Å². The van der Waals surface area contributed by atoms with Gasteiger partial charge in [-0.2, -0.15) is 0 Å². The van der Waals surface area contributed by atoms with Gasteiger partial charge in [0.25, 0.3) is 5.91 Å². The van der Waals surface area contributed by atoms with Crippen LogP contribution in [-0.4, -0.2) is 27.8 Å². The van der Waals surface area contributed by atoms with Crippen LogP contribution in [0.2, 0.25) is 0 Å². The third-order valence-electron chi connectivity index (χ3n) is 3.58. The van der Waals surface area contributed by atoms with Gasteiger partial charge in [-0.15, -0.1) is 0 Å². The quantitative estimate of drug-likeness (QED) is 0.869. The lowest BCUT2D eigenvalue weighted by molar-refractivity contribution is 0.0680. The molecule has 0 aliphatic heterocycles. The Morgan fingerprint density at radius 2 is 1.77 bits per heavy atom. The number of halogens is 1. The average molecular weight is 301 g/mol. The first-order valence-electron chi connectivity index (χ1n) is 7.21. The van der Waals surface area contributed by atoms with E-state index in [9.17, 15) is 9.18 Å². The monoisotopic (exact) mass is 301 g/mol. The lowest BCUT2D eigenvalue weighted by atomic mass is 9.94. The summed E-state index contributed by atoms with van der Waals surface area (Å²) in [5, 5.41) is 0. The van der Waals surface area contributed by atoms with Crippen molar-refractivity contribution in [3.8, 4) is 0 Å². The molecule has 1 aromatic carbocycles. The lowest BCUT2D eigenvalue weighted by Crippen LogP contribution is -2.34. The molecule has 116 valence electrons. The molecule has 4 nitrogen and oxygen atoms in total. The van der Waals surface area contributed by atoms with Crippen molar-refractivity contribution in [2.24, 2.45) is 5.92 Å². The minimum atomic E-state index is -0.287. The SMILES string of the molecule is Cc1cnc(C(=O)N(C)[C@@H](c2ccc(F)cc2)C(C)C)cn1. The van der Waals surface area contributed by atoms with Crippen LogP contribution in [0, 0.1) is 18.7 Å². The predicted octanol–water partition coefficient (Wildman–Crippen LogP) is 3.39. The fraction of sp³-hybridized carbons (Fsp3) is 0.353. The summed E-state index contributed by atoms with van der Waals surface area (Å²) in [6.45, 7) is 5.87. The standard InChI is InChI=1S/C17H20FN3O/c1-11(2)16(13-5-7-14(18)8-6-13)21(4)17(22)15-10-19-12(3)9-20-15/h5-11,16H,1-4H3/t16-/m1/s1. The molecule has 1 aromatic heterocycles. The number of rotatable bonds is 4. The molecule has 1 heterocycles. The highest BCUT2D eigenvalue weighted by molar-refractivity contribution is 5.92. The summed E-state index contributed by atoms with van der Waals surface area (Å²) in [6.07, 6.45) is 3.06. The second-order valence-corrected chi connectivity index (χ2v) is 5.70. The van der Waals surface area contributed by atoms with E-state index >= 15 is 0 Å². The number of aromatic nitrogens is 2. The van der Waals surface area contributed by atoms with Crippen molar-refractivity contribution in [2.45, 2.75) is 26.8 Å². The molecule has 0 radical (unpaired) electrons. The molecular weight excluding hydrogens is 281 g/mol. The van der Waals surface area contributed by atoms with Gasteiger partial charge in [-0.3, -0.25) is 9.78 Å². The molecule has 0 fully saturated rings. The zero-order valence-electron chi connectivity index (χ0n) is 13.2. The Bertz CT molecular complexity index is 638. The van der Waals surface area contributed by atoms with E-state index < -0.39 is 0 Å². The topological polar surface area (TPSA) is 46.1 Å². The van der Waals surface area contributed by atoms with Gasteiger partial charge < -0.3 is 4.90 Å². The summed E-state index contributed by atoms with van der Waals surface area (Å²) >= 11 is 0. The molecule has 0 saturated carbocycles. The van der Waals surface area contributed by atoms with E-state index in [4.69, 9.17) is 0 Å². The molecule has 1 amide bonds. The maximum Gasteiger partial charge on any atom is 0.274 e. The van der Waals surface area contributed by atoms with Crippen LogP contribution in [0.3, 0.4) is 0 Å². The number of carbonyl (C=O) groups is 1. The van der Waals surface area contributed by atoms with Crippen LogP contribution in [-0.2, 0) is 0 Å². The first-order chi connectivity index (χ1) is 10.4. The highest BCUT2D eigenvalue weighted by atomic mass is 19.1. The second-order valence-electron chi connectivity index (χ2n) is 5.70. The molecule has 0 N–H and O–H groups in total. The smallest absolute Gasteiger partial charge is 0.274 e. The number of aryl methyl sites for hydroxylation is 1. The summed E-state index contributed by atoms with van der Waals surface area (Å²) in [6, 6.07) is 6.09. The predicted molar refractivity (Wildman–Crippen MR) is 82.8 cm³/mol. The van der Waals surface area contributed by atoms with E-state index in [1.165, 1.54) is 18.3 Å². The summed E-state index contributed by atoms with van der Waals surface area (Å²) in [5.41, 5.74) is 1.96. The first-order valence-corrected chi connectivity index (χ1v) is 7.21. The van der Waals surface area contributed by atoms with Crippen LogP contribution in [0.4, 0.5) is 4.39 Å². The highest BCUT2D eigenvalue weighted by Crippen LogP contribution is 2.28. The summed E-state index contributed by atoms with van der Waals surface area (Å²) in [4.78, 5) is 22.5. The molecule has 0 aliphatic carbocycles. The Morgan fingerprint density at radius 1 is 1.14 bits per heavy atom. The van der Waals surface area contributed by atoms with Crippen LogP contribution in [0.25, 0.3) is 0 Å². The van der Waals surface area contributed by atoms with Gasteiger partial charge in [0.2, 0.25) is 0 Å². The Kier molecular flexibility index (Phi) is 4.85. The van der Waals surface area contributed by atoms with E-state index in [0.717, 1.165) is 11.3 Å². The third kappa shape index (κ3) is 3.47. The average Bonchev–Trinajstić information content (AvgIpc) is 2.49. The van der Waals surface area contributed by atoms with Crippen molar-refractivity contribution < 1.29 is 9.18 Å². The van der Waals surface area contributed by atoms with Gasteiger partial charge >= 0.3 is 0 Å². The van der Waals surface area contributed by atoms with Crippen LogP contribution in [0.5, 0.6) is 0 Å². The fourth-order valence-corrected chi connectivity index (χ4v) is 2.53. The van der Waals surface area contributed by atoms with Gasteiger partial charge in [0.1, 0.15) is 11.5 Å². The van der Waals surface area contributed by atoms with E-state index in [0.29, 0.717) is 5.69 Å².